The molecule has 2 nitrogen and oxygen atoms in total. The van der Waals surface area contributed by atoms with Crippen LogP contribution in [0.2, 0.25) is 10.0 Å². The first kappa shape index (κ1) is 15.8. The minimum Gasteiger partial charge on any atom is -0.481 e. The zero-order valence-corrected chi connectivity index (χ0v) is 12.5. The Labute approximate surface area is 132 Å². The van der Waals surface area contributed by atoms with Crippen molar-refractivity contribution in [2.75, 3.05) is 0 Å². The van der Waals surface area contributed by atoms with Crippen molar-refractivity contribution in [3.8, 4) is 0 Å². The third-order valence-corrected chi connectivity index (χ3v) is 3.93. The van der Waals surface area contributed by atoms with Gasteiger partial charge in [-0.2, -0.15) is 0 Å². The maximum absolute atomic E-state index is 13.9. The van der Waals surface area contributed by atoms with E-state index >= 15 is 0 Å². The van der Waals surface area contributed by atoms with E-state index in [4.69, 9.17) is 23.2 Å². The van der Waals surface area contributed by atoms with Crippen LogP contribution in [0.5, 0.6) is 0 Å². The molecule has 2 aromatic rings. The van der Waals surface area contributed by atoms with Crippen LogP contribution in [0.4, 0.5) is 4.39 Å². The minimum atomic E-state index is -0.991. The lowest BCUT2D eigenvalue weighted by atomic mass is 9.92. The molecule has 0 aromatic heterocycles. The van der Waals surface area contributed by atoms with Gasteiger partial charge < -0.3 is 5.11 Å². The molecule has 0 aliphatic rings. The average Bonchev–Trinajstić information content (AvgIpc) is 2.45. The number of hydrogen-bond donors (Lipinski definition) is 1. The number of rotatable bonds is 5. The molecule has 2 rings (SSSR count). The molecule has 0 saturated heterocycles. The van der Waals surface area contributed by atoms with Gasteiger partial charge in [-0.3, -0.25) is 4.79 Å². The molecule has 0 saturated carbocycles. The average molecular weight is 327 g/mol. The summed E-state index contributed by atoms with van der Waals surface area (Å²) in [6.07, 6.45) is 0.300. The van der Waals surface area contributed by atoms with E-state index < -0.39 is 17.7 Å². The third-order valence-electron chi connectivity index (χ3n) is 3.27. The lowest BCUT2D eigenvalue weighted by molar-refractivity contribution is -0.141. The molecule has 2 aromatic carbocycles. The number of benzene rings is 2. The number of carboxylic acid groups (broad SMARTS) is 1. The number of carbonyl (C=O) groups is 1. The number of hydrogen-bond acceptors (Lipinski definition) is 1. The Morgan fingerprint density at radius 3 is 2.24 bits per heavy atom. The van der Waals surface area contributed by atoms with Gasteiger partial charge in [0.2, 0.25) is 0 Å². The van der Waals surface area contributed by atoms with Gasteiger partial charge in [-0.1, -0.05) is 53.5 Å². The number of carboxylic acids is 1. The van der Waals surface area contributed by atoms with Crippen molar-refractivity contribution in [1.29, 1.82) is 0 Å². The first-order valence-corrected chi connectivity index (χ1v) is 7.13. The van der Waals surface area contributed by atoms with Gasteiger partial charge >= 0.3 is 5.97 Å². The van der Waals surface area contributed by atoms with Gasteiger partial charge in [0.1, 0.15) is 5.82 Å². The lowest BCUT2D eigenvalue weighted by Crippen LogP contribution is -2.20. The summed E-state index contributed by atoms with van der Waals surface area (Å²) in [6.45, 7) is 0. The highest BCUT2D eigenvalue weighted by Crippen LogP contribution is 2.24. The topological polar surface area (TPSA) is 37.3 Å². The molecule has 110 valence electrons. The second kappa shape index (κ2) is 6.92. The molecule has 1 atom stereocenters. The molecule has 0 radical (unpaired) electrons. The van der Waals surface area contributed by atoms with E-state index in [0.717, 1.165) is 5.56 Å². The number of halogens is 3. The van der Waals surface area contributed by atoms with Crippen LogP contribution >= 0.6 is 23.2 Å². The summed E-state index contributed by atoms with van der Waals surface area (Å²) in [5.74, 6) is -2.32. The van der Waals surface area contributed by atoms with Crippen LogP contribution in [0.25, 0.3) is 0 Å². The first-order chi connectivity index (χ1) is 9.99. The minimum absolute atomic E-state index is 0.00520. The van der Waals surface area contributed by atoms with Crippen LogP contribution in [-0.2, 0) is 17.6 Å². The molecule has 1 unspecified atom stereocenters. The van der Waals surface area contributed by atoms with E-state index in [1.54, 1.807) is 36.4 Å². The Hall–Kier alpha value is -1.58. The van der Waals surface area contributed by atoms with Gasteiger partial charge in [-0.15, -0.1) is 0 Å². The molecule has 0 aliphatic carbocycles. The summed E-state index contributed by atoms with van der Waals surface area (Å²) in [5, 5.41) is 9.85. The fraction of sp³-hybridized carbons (Fsp3) is 0.188. The molecule has 1 N–H and O–H groups in total. The molecule has 5 heteroatoms. The largest absolute Gasteiger partial charge is 0.481 e. The van der Waals surface area contributed by atoms with Gasteiger partial charge in [0, 0.05) is 5.02 Å². The van der Waals surface area contributed by atoms with Crippen molar-refractivity contribution >= 4 is 29.2 Å². The first-order valence-electron chi connectivity index (χ1n) is 6.38. The second-order valence-corrected chi connectivity index (χ2v) is 5.56. The summed E-state index contributed by atoms with van der Waals surface area (Å²) in [5.41, 5.74) is 1.02. The molecular weight excluding hydrogens is 314 g/mol. The molecular formula is C16H13Cl2FO2. The Bertz CT molecular complexity index is 658. The van der Waals surface area contributed by atoms with Crippen molar-refractivity contribution in [3.63, 3.8) is 0 Å². The highest BCUT2D eigenvalue weighted by Gasteiger charge is 2.21. The normalized spacial score (nSPS) is 12.1. The van der Waals surface area contributed by atoms with Crippen LogP contribution in [0.1, 0.15) is 11.1 Å². The SMILES string of the molecule is O=C(O)C(Cc1ccccc1Cl)Cc1cccc(Cl)c1F. The summed E-state index contributed by atoms with van der Waals surface area (Å²) < 4.78 is 13.9. The van der Waals surface area contributed by atoms with Crippen LogP contribution in [0.15, 0.2) is 42.5 Å². The van der Waals surface area contributed by atoms with Crippen LogP contribution in [-0.4, -0.2) is 11.1 Å². The van der Waals surface area contributed by atoms with E-state index in [2.05, 4.69) is 0 Å². The van der Waals surface area contributed by atoms with E-state index in [-0.39, 0.29) is 17.9 Å². The molecule has 0 spiro atoms. The highest BCUT2D eigenvalue weighted by molar-refractivity contribution is 6.31. The standard InChI is InChI=1S/C16H13Cl2FO2/c17-13-6-2-1-4-10(13)8-12(16(20)21)9-11-5-3-7-14(18)15(11)19/h1-7,12H,8-9H2,(H,20,21). The quantitative estimate of drug-likeness (QED) is 0.870. The summed E-state index contributed by atoms with van der Waals surface area (Å²) in [4.78, 5) is 11.4. The Morgan fingerprint density at radius 1 is 1.00 bits per heavy atom. The maximum atomic E-state index is 13.9. The Morgan fingerprint density at radius 2 is 1.57 bits per heavy atom. The second-order valence-electron chi connectivity index (χ2n) is 4.75. The van der Waals surface area contributed by atoms with Gasteiger partial charge in [0.05, 0.1) is 10.9 Å². The van der Waals surface area contributed by atoms with Gasteiger partial charge in [0.15, 0.2) is 0 Å². The van der Waals surface area contributed by atoms with E-state index in [1.807, 2.05) is 0 Å². The predicted octanol–water partition coefficient (Wildman–Crippen LogP) is 4.62. The maximum Gasteiger partial charge on any atom is 0.307 e. The van der Waals surface area contributed by atoms with E-state index in [0.29, 0.717) is 10.6 Å². The molecule has 0 fully saturated rings. The van der Waals surface area contributed by atoms with E-state index in [9.17, 15) is 14.3 Å². The van der Waals surface area contributed by atoms with Crippen LogP contribution in [0, 0.1) is 11.7 Å². The van der Waals surface area contributed by atoms with Crippen molar-refractivity contribution in [3.05, 3.63) is 69.5 Å². The van der Waals surface area contributed by atoms with Crippen molar-refractivity contribution in [1.82, 2.24) is 0 Å². The Kier molecular flexibility index (Phi) is 5.21. The Balaban J connectivity index is 2.22. The van der Waals surface area contributed by atoms with Gasteiger partial charge in [-0.05, 0) is 36.1 Å². The van der Waals surface area contributed by atoms with Crippen molar-refractivity contribution in [2.24, 2.45) is 5.92 Å². The molecule has 21 heavy (non-hydrogen) atoms. The highest BCUT2D eigenvalue weighted by atomic mass is 35.5. The smallest absolute Gasteiger partial charge is 0.307 e. The van der Waals surface area contributed by atoms with Crippen molar-refractivity contribution < 1.29 is 14.3 Å². The van der Waals surface area contributed by atoms with Gasteiger partial charge in [-0.25, -0.2) is 4.39 Å². The van der Waals surface area contributed by atoms with Gasteiger partial charge in [0.25, 0.3) is 0 Å². The summed E-state index contributed by atoms with van der Waals surface area (Å²) in [6, 6.07) is 11.6. The molecule has 0 bridgehead atoms. The number of aliphatic carboxylic acids is 1. The monoisotopic (exact) mass is 326 g/mol. The fourth-order valence-electron chi connectivity index (χ4n) is 2.15. The van der Waals surface area contributed by atoms with Crippen molar-refractivity contribution in [2.45, 2.75) is 12.8 Å². The van der Waals surface area contributed by atoms with E-state index in [1.165, 1.54) is 6.07 Å². The van der Waals surface area contributed by atoms with Crippen LogP contribution in [0.3, 0.4) is 0 Å². The molecule has 0 aliphatic heterocycles. The molecule has 0 heterocycles. The summed E-state index contributed by atoms with van der Waals surface area (Å²) in [7, 11) is 0. The zero-order valence-electron chi connectivity index (χ0n) is 11.0. The lowest BCUT2D eigenvalue weighted by Gasteiger charge is -2.14. The third kappa shape index (κ3) is 3.96. The molecule has 0 amide bonds. The predicted molar refractivity (Wildman–Crippen MR) is 81.4 cm³/mol. The summed E-state index contributed by atoms with van der Waals surface area (Å²) >= 11 is 11.8. The zero-order chi connectivity index (χ0) is 15.4. The van der Waals surface area contributed by atoms with Crippen LogP contribution < -0.4 is 0 Å². The fourth-order valence-corrected chi connectivity index (χ4v) is 2.55.